The average Bonchev–Trinajstić information content (AvgIpc) is 3.60. The molecule has 4 aromatic rings. The third kappa shape index (κ3) is 4.64. The number of carboxylic acid groups (broad SMARTS) is 1. The van der Waals surface area contributed by atoms with Crippen molar-refractivity contribution in [2.75, 3.05) is 26.6 Å². The van der Waals surface area contributed by atoms with Crippen LogP contribution < -0.4 is 34.3 Å². The lowest BCUT2D eigenvalue weighted by Gasteiger charge is -2.57. The van der Waals surface area contributed by atoms with Gasteiger partial charge in [-0.05, 0) is 77.2 Å². The number of aliphatic hydroxyl groups excluding tert-OH is 3. The predicted molar refractivity (Wildman–Crippen MR) is 199 cm³/mol. The Bertz CT molecular complexity index is 2360. The molecule has 14 heteroatoms. The molecular formula is C42H40N2O12. The number of hydrogen-bond acceptors (Lipinski definition) is 13. The van der Waals surface area contributed by atoms with Crippen LogP contribution in [0.3, 0.4) is 0 Å². The molecule has 1 spiro atoms. The van der Waals surface area contributed by atoms with Gasteiger partial charge in [-0.2, -0.15) is 0 Å². The van der Waals surface area contributed by atoms with E-state index >= 15 is 0 Å². The van der Waals surface area contributed by atoms with Crippen molar-refractivity contribution in [1.82, 2.24) is 5.32 Å². The monoisotopic (exact) mass is 764 g/mol. The number of hydrogen-bond donors (Lipinski definition) is 7. The third-order valence-electron chi connectivity index (χ3n) is 12.2. The summed E-state index contributed by atoms with van der Waals surface area (Å²) in [6, 6.07) is 16.2. The fraction of sp³-hybridized carbons (Fsp3) is 0.357. The summed E-state index contributed by atoms with van der Waals surface area (Å²) in [6.45, 7) is 0.504. The van der Waals surface area contributed by atoms with Crippen molar-refractivity contribution in [3.05, 3.63) is 100 Å². The zero-order chi connectivity index (χ0) is 38.8. The summed E-state index contributed by atoms with van der Waals surface area (Å²) in [5.74, 6) is -2.07. The van der Waals surface area contributed by atoms with Crippen molar-refractivity contribution in [1.29, 1.82) is 0 Å². The van der Waals surface area contributed by atoms with Crippen molar-refractivity contribution in [3.63, 3.8) is 0 Å². The van der Waals surface area contributed by atoms with E-state index in [0.717, 1.165) is 33.9 Å². The van der Waals surface area contributed by atoms with Crippen LogP contribution in [0.5, 0.6) is 34.5 Å². The van der Waals surface area contributed by atoms with Gasteiger partial charge in [0.25, 0.3) is 5.79 Å². The second-order valence-electron chi connectivity index (χ2n) is 15.2. The quantitative estimate of drug-likeness (QED) is 0.146. The van der Waals surface area contributed by atoms with Crippen LogP contribution in [0.25, 0.3) is 11.1 Å². The first-order chi connectivity index (χ1) is 27.0. The van der Waals surface area contributed by atoms with Gasteiger partial charge >= 0.3 is 5.97 Å². The number of methoxy groups -OCH3 is 2. The Hall–Kier alpha value is -5.51. The van der Waals surface area contributed by atoms with Crippen LogP contribution in [0.1, 0.15) is 45.4 Å². The molecule has 4 aromatic carbocycles. The molecule has 8 bridgehead atoms. The third-order valence-corrected chi connectivity index (χ3v) is 12.2. The Labute approximate surface area is 320 Å². The second kappa shape index (κ2) is 12.2. The number of nitrogens with one attached hydrogen (secondary N) is 2. The summed E-state index contributed by atoms with van der Waals surface area (Å²) in [5.41, 5.74) is 4.73. The van der Waals surface area contributed by atoms with E-state index in [0.29, 0.717) is 64.8 Å². The number of carbonyl (C=O) groups is 1. The molecule has 7 N–H and O–H groups in total. The Balaban J connectivity index is 1.26. The molecule has 0 amide bonds. The molecule has 6 aliphatic heterocycles. The maximum absolute atomic E-state index is 12.6. The fourth-order valence-electron chi connectivity index (χ4n) is 9.66. The molecular weight excluding hydrogens is 724 g/mol. The van der Waals surface area contributed by atoms with Gasteiger partial charge in [0.2, 0.25) is 11.4 Å². The highest BCUT2D eigenvalue weighted by atomic mass is 16.7. The summed E-state index contributed by atoms with van der Waals surface area (Å²) >= 11 is 0. The molecule has 56 heavy (non-hydrogen) atoms. The molecule has 1 saturated heterocycles. The van der Waals surface area contributed by atoms with Crippen molar-refractivity contribution >= 4 is 11.7 Å². The minimum Gasteiger partial charge on any atom is -0.508 e. The first-order valence-electron chi connectivity index (χ1n) is 18.5. The maximum Gasteiger partial charge on any atom is 0.343 e. The van der Waals surface area contributed by atoms with Crippen molar-refractivity contribution in [3.8, 4) is 45.6 Å². The van der Waals surface area contributed by atoms with E-state index in [1.165, 1.54) is 6.08 Å². The van der Waals surface area contributed by atoms with E-state index in [2.05, 4.69) is 28.8 Å². The lowest BCUT2D eigenvalue weighted by molar-refractivity contribution is -0.356. The smallest absolute Gasteiger partial charge is 0.343 e. The number of carboxylic acids is 1. The second-order valence-corrected chi connectivity index (χ2v) is 15.2. The Morgan fingerprint density at radius 3 is 2.55 bits per heavy atom. The highest BCUT2D eigenvalue weighted by Gasteiger charge is 2.70. The molecule has 9 atom stereocenters. The van der Waals surface area contributed by atoms with Crippen molar-refractivity contribution < 1.29 is 58.7 Å². The van der Waals surface area contributed by atoms with Crippen LogP contribution in [0.2, 0.25) is 0 Å². The summed E-state index contributed by atoms with van der Waals surface area (Å²) in [7, 11) is 5.03. The summed E-state index contributed by atoms with van der Waals surface area (Å²) < 4.78 is 38.8. The molecule has 0 unspecified atom stereocenters. The van der Waals surface area contributed by atoms with Gasteiger partial charge in [0, 0.05) is 24.1 Å². The average molecular weight is 765 g/mol. The predicted octanol–water partition coefficient (Wildman–Crippen LogP) is 3.30. The van der Waals surface area contributed by atoms with Crippen LogP contribution in [0, 0.1) is 0 Å². The molecule has 14 nitrogen and oxygen atoms in total. The SMILES string of the molecule is CNCc1cc(OC)c(OC)c2c1[C@@H]1[C@@H]3Cc4cccc(c4)Cc4ccc(O)cc4-c4cc5c(c(c4[C@@H]1O2)O3)N[C@@H]1C=C[C@]2(C(=O)O)O[C@@]1(O5)[C@H](O)[C@@H](O)[C@@H]2O. The van der Waals surface area contributed by atoms with Crippen molar-refractivity contribution in [2.24, 2.45) is 0 Å². The van der Waals surface area contributed by atoms with Crippen LogP contribution in [-0.4, -0.2) is 94.6 Å². The number of aliphatic hydroxyl groups is 3. The molecule has 0 aromatic heterocycles. The number of benzene rings is 4. The highest BCUT2D eigenvalue weighted by molar-refractivity contribution is 5.87. The standard InChI is InChI=1S/C42H40N2O12/c1-43-17-21-14-27(51-2)34(52-3)37-29(21)31-25-13-19-6-4-5-18(11-19)12-20-7-8-22(45)15-23(20)24-16-26-32(36(53-25)30(24)35(31)54-37)44-28-9-10-41(40(49)50)38(47)33(46)39(48)42(28,55-26)56-41/h4-11,14-16,25,28,31,33,35,38-39,43-48H,12-13,17H2,1-3H3,(H,49,50)/t25-,28+,31-,33-,35-,38-,39+,41-,42+/m0/s1. The molecule has 11 rings (SSSR count). The summed E-state index contributed by atoms with van der Waals surface area (Å²) in [6.07, 6.45) is -3.34. The molecule has 1 aliphatic carbocycles. The molecule has 1 fully saturated rings. The van der Waals surface area contributed by atoms with E-state index < -0.39 is 53.9 Å². The van der Waals surface area contributed by atoms with Gasteiger partial charge in [-0.25, -0.2) is 4.79 Å². The van der Waals surface area contributed by atoms with E-state index in [9.17, 15) is 30.3 Å². The first-order valence-corrected chi connectivity index (χ1v) is 18.5. The number of fused-ring (bicyclic) bond motifs is 3. The van der Waals surface area contributed by atoms with Crippen LogP contribution in [0.4, 0.5) is 5.69 Å². The Morgan fingerprint density at radius 1 is 0.964 bits per heavy atom. The summed E-state index contributed by atoms with van der Waals surface area (Å²) in [5, 5.41) is 61.5. The van der Waals surface area contributed by atoms with Gasteiger partial charge in [0.05, 0.1) is 20.1 Å². The van der Waals surface area contributed by atoms with Gasteiger partial charge in [-0.15, -0.1) is 0 Å². The number of aromatic hydroxyl groups is 1. The zero-order valence-electron chi connectivity index (χ0n) is 30.6. The lowest BCUT2D eigenvalue weighted by atomic mass is 9.75. The van der Waals surface area contributed by atoms with Gasteiger partial charge in [0.15, 0.2) is 29.1 Å². The molecule has 7 aliphatic rings. The first kappa shape index (κ1) is 34.9. The van der Waals surface area contributed by atoms with Crippen LogP contribution in [0.15, 0.2) is 66.7 Å². The van der Waals surface area contributed by atoms with E-state index in [-0.39, 0.29) is 17.4 Å². The molecule has 290 valence electrons. The van der Waals surface area contributed by atoms with E-state index in [1.54, 1.807) is 32.4 Å². The Kier molecular flexibility index (Phi) is 7.64. The number of rotatable bonds is 5. The minimum atomic E-state index is -2.41. The van der Waals surface area contributed by atoms with Gasteiger partial charge < -0.3 is 64.6 Å². The number of aliphatic carboxylic acids is 1. The van der Waals surface area contributed by atoms with E-state index in [4.69, 9.17) is 28.4 Å². The van der Waals surface area contributed by atoms with Crippen LogP contribution in [-0.2, 0) is 28.9 Å². The molecule has 6 heterocycles. The summed E-state index contributed by atoms with van der Waals surface area (Å²) in [4.78, 5) is 12.6. The van der Waals surface area contributed by atoms with Gasteiger partial charge in [-0.3, -0.25) is 0 Å². The molecule has 0 radical (unpaired) electrons. The zero-order valence-corrected chi connectivity index (χ0v) is 30.6. The number of phenolic OH excluding ortho intramolecular Hbond substituents is 1. The molecule has 0 saturated carbocycles. The lowest BCUT2D eigenvalue weighted by Crippen LogP contribution is -2.79. The fourth-order valence-corrected chi connectivity index (χ4v) is 9.66. The van der Waals surface area contributed by atoms with E-state index in [1.807, 2.05) is 25.2 Å². The topological polar surface area (TPSA) is 198 Å². The van der Waals surface area contributed by atoms with Crippen molar-refractivity contribution in [2.45, 2.75) is 73.3 Å². The van der Waals surface area contributed by atoms with Gasteiger partial charge in [-0.1, -0.05) is 36.4 Å². The van der Waals surface area contributed by atoms with Crippen LogP contribution >= 0.6 is 0 Å². The number of anilines is 1. The largest absolute Gasteiger partial charge is 0.508 e. The minimum absolute atomic E-state index is 0.0186. The van der Waals surface area contributed by atoms with Gasteiger partial charge in [0.1, 0.15) is 41.9 Å². The normalized spacial score (nSPS) is 30.9. The highest BCUT2D eigenvalue weighted by Crippen LogP contribution is 2.64. The maximum atomic E-state index is 12.6. The Morgan fingerprint density at radius 2 is 1.79 bits per heavy atom. The number of phenols is 1. The number of ether oxygens (including phenoxy) is 6.